The average Bonchev–Trinajstić information content (AvgIpc) is 3.46. The summed E-state index contributed by atoms with van der Waals surface area (Å²) in [6.07, 6.45) is -4.55. The number of aliphatic hydroxyl groups excluding tert-OH is 1. The molecule has 7 nitrogen and oxygen atoms in total. The molecule has 0 saturated heterocycles. The molecule has 1 N–H and O–H groups in total. The predicted octanol–water partition coefficient (Wildman–Crippen LogP) is 7.32. The predicted molar refractivity (Wildman–Crippen MR) is 158 cm³/mol. The molecule has 4 aromatic rings. The molecule has 0 unspecified atom stereocenters. The number of thiazole rings is 1. The van der Waals surface area contributed by atoms with Crippen LogP contribution in [0.4, 0.5) is 19.0 Å². The molecule has 2 heterocycles. The van der Waals surface area contributed by atoms with Crippen LogP contribution in [0.1, 0.15) is 23.7 Å². The molecule has 0 saturated carbocycles. The molecule has 0 atom stereocenters. The fourth-order valence-electron chi connectivity index (χ4n) is 4.06. The smallest absolute Gasteiger partial charge is 0.405 e. The number of hydrogen-bond acceptors (Lipinski definition) is 9. The van der Waals surface area contributed by atoms with Gasteiger partial charge in [-0.1, -0.05) is 47.6 Å². The van der Waals surface area contributed by atoms with Crippen LogP contribution in [-0.4, -0.2) is 47.6 Å². The van der Waals surface area contributed by atoms with Gasteiger partial charge in [-0.15, -0.1) is 11.3 Å². The molecule has 0 aliphatic rings. The number of rotatable bonds is 11. The first-order chi connectivity index (χ1) is 20.2. The van der Waals surface area contributed by atoms with Crippen molar-refractivity contribution in [2.24, 2.45) is 0 Å². The summed E-state index contributed by atoms with van der Waals surface area (Å²) >= 11 is 8.57. The van der Waals surface area contributed by atoms with Crippen molar-refractivity contribution in [3.8, 4) is 39.6 Å². The van der Waals surface area contributed by atoms with Crippen LogP contribution in [0.25, 0.3) is 21.7 Å². The number of hydrogen-bond donors (Lipinski definition) is 1. The normalized spacial score (nSPS) is 11.1. The molecule has 0 radical (unpaired) electrons. The number of ether oxygens (including phenoxy) is 1. The number of anilines is 1. The largest absolute Gasteiger partial charge is 0.491 e. The fourth-order valence-corrected chi connectivity index (χ4v) is 5.99. The van der Waals surface area contributed by atoms with Crippen LogP contribution in [0.5, 0.6) is 5.75 Å². The SMILES string of the molecule is CCN(CC(F)(F)F)c1nc(SCc2csc(-c3ccc(Cl)cc3)n2)c(C#N)c(-c2ccc(OCCO)cc2)c1C#N. The number of halogens is 4. The first kappa shape index (κ1) is 31.1. The van der Waals surface area contributed by atoms with Crippen LogP contribution in [0.2, 0.25) is 5.02 Å². The van der Waals surface area contributed by atoms with Crippen molar-refractivity contribution >= 4 is 40.5 Å². The van der Waals surface area contributed by atoms with Gasteiger partial charge in [0.2, 0.25) is 0 Å². The van der Waals surface area contributed by atoms with Gasteiger partial charge in [-0.05, 0) is 36.8 Å². The monoisotopic (exact) mass is 629 g/mol. The van der Waals surface area contributed by atoms with E-state index in [4.69, 9.17) is 21.4 Å². The number of alkyl halides is 3. The lowest BCUT2D eigenvalue weighted by molar-refractivity contribution is -0.119. The highest BCUT2D eigenvalue weighted by atomic mass is 35.5. The first-order valence-corrected chi connectivity index (χ1v) is 14.8. The summed E-state index contributed by atoms with van der Waals surface area (Å²) in [5.74, 6) is 0.575. The van der Waals surface area contributed by atoms with Gasteiger partial charge in [-0.25, -0.2) is 9.97 Å². The van der Waals surface area contributed by atoms with E-state index in [0.29, 0.717) is 22.0 Å². The summed E-state index contributed by atoms with van der Waals surface area (Å²) in [5.41, 5.74) is 2.14. The van der Waals surface area contributed by atoms with Gasteiger partial charge in [0.05, 0.1) is 17.9 Å². The van der Waals surface area contributed by atoms with Gasteiger partial charge in [0.1, 0.15) is 52.5 Å². The molecule has 0 amide bonds. The first-order valence-electron chi connectivity index (χ1n) is 12.5. The summed E-state index contributed by atoms with van der Waals surface area (Å²) in [6, 6.07) is 17.8. The molecule has 0 fully saturated rings. The van der Waals surface area contributed by atoms with E-state index >= 15 is 0 Å². The molecule has 4 rings (SSSR count). The van der Waals surface area contributed by atoms with Gasteiger partial charge in [0.25, 0.3) is 0 Å². The second-order valence-electron chi connectivity index (χ2n) is 8.75. The summed E-state index contributed by atoms with van der Waals surface area (Å²) in [5, 5.41) is 32.8. The minimum absolute atomic E-state index is 0.0683. The molecular formula is C29H23ClF3N5O2S2. The Hall–Kier alpha value is -3.81. The Labute approximate surface area is 253 Å². The van der Waals surface area contributed by atoms with Crippen LogP contribution in [0.3, 0.4) is 0 Å². The Kier molecular flexibility index (Phi) is 10.3. The van der Waals surface area contributed by atoms with Gasteiger partial charge in [0, 0.05) is 33.8 Å². The molecule has 2 aromatic heterocycles. The zero-order valence-electron chi connectivity index (χ0n) is 22.2. The Balaban J connectivity index is 1.78. The average molecular weight is 630 g/mol. The molecule has 42 heavy (non-hydrogen) atoms. The lowest BCUT2D eigenvalue weighted by Gasteiger charge is -2.26. The summed E-state index contributed by atoms with van der Waals surface area (Å²) in [7, 11) is 0. The summed E-state index contributed by atoms with van der Waals surface area (Å²) in [6.45, 7) is 0.0531. The Bertz CT molecular complexity index is 1620. The zero-order chi connectivity index (χ0) is 30.3. The van der Waals surface area contributed by atoms with E-state index in [1.807, 2.05) is 23.6 Å². The number of thioether (sulfide) groups is 1. The zero-order valence-corrected chi connectivity index (χ0v) is 24.5. The molecule has 0 aliphatic heterocycles. The van der Waals surface area contributed by atoms with Crippen molar-refractivity contribution in [1.29, 1.82) is 10.5 Å². The Morgan fingerprint density at radius 1 is 1.02 bits per heavy atom. The quantitative estimate of drug-likeness (QED) is 0.172. The van der Waals surface area contributed by atoms with E-state index in [-0.39, 0.29) is 53.0 Å². The highest BCUT2D eigenvalue weighted by Gasteiger charge is 2.33. The number of nitriles is 2. The van der Waals surface area contributed by atoms with E-state index in [9.17, 15) is 23.7 Å². The van der Waals surface area contributed by atoms with Crippen LogP contribution in [0, 0.1) is 22.7 Å². The van der Waals surface area contributed by atoms with Crippen molar-refractivity contribution in [2.75, 3.05) is 31.2 Å². The maximum atomic E-state index is 13.5. The number of aliphatic hydroxyl groups is 1. The molecule has 0 bridgehead atoms. The standard InChI is InChI=1S/C29H23ClF3N5O2S2/c1-2-38(17-29(31,32)33)26-23(13-34)25(18-5-9-22(10-6-18)40-12-11-39)24(14-35)28(37-26)42-16-21-15-41-27(36-21)19-3-7-20(30)8-4-19/h3-10,15,39H,2,11-12,16-17H2,1H3. The van der Waals surface area contributed by atoms with Gasteiger partial charge >= 0.3 is 6.18 Å². The summed E-state index contributed by atoms with van der Waals surface area (Å²) in [4.78, 5) is 10.1. The van der Waals surface area contributed by atoms with Crippen molar-refractivity contribution in [3.63, 3.8) is 0 Å². The minimum atomic E-state index is -4.55. The highest BCUT2D eigenvalue weighted by molar-refractivity contribution is 7.98. The van der Waals surface area contributed by atoms with Gasteiger partial charge in [-0.3, -0.25) is 0 Å². The van der Waals surface area contributed by atoms with Crippen molar-refractivity contribution in [3.05, 3.63) is 75.8 Å². The number of aromatic nitrogens is 2. The van der Waals surface area contributed by atoms with Crippen LogP contribution >= 0.6 is 34.7 Å². The number of benzene rings is 2. The van der Waals surface area contributed by atoms with Crippen LogP contribution in [0.15, 0.2) is 58.9 Å². The van der Waals surface area contributed by atoms with Crippen LogP contribution in [-0.2, 0) is 5.75 Å². The maximum Gasteiger partial charge on any atom is 0.405 e. The van der Waals surface area contributed by atoms with Gasteiger partial charge < -0.3 is 14.7 Å². The van der Waals surface area contributed by atoms with Crippen molar-refractivity contribution < 1.29 is 23.0 Å². The minimum Gasteiger partial charge on any atom is -0.491 e. The summed E-state index contributed by atoms with van der Waals surface area (Å²) < 4.78 is 45.9. The second kappa shape index (κ2) is 13.9. The number of nitrogens with zero attached hydrogens (tertiary/aromatic N) is 5. The molecule has 13 heteroatoms. The Morgan fingerprint density at radius 3 is 2.29 bits per heavy atom. The van der Waals surface area contributed by atoms with E-state index in [0.717, 1.165) is 27.2 Å². The maximum absolute atomic E-state index is 13.5. The molecular weight excluding hydrogens is 607 g/mol. The Morgan fingerprint density at radius 2 is 1.69 bits per heavy atom. The second-order valence-corrected chi connectivity index (χ2v) is 11.0. The third kappa shape index (κ3) is 7.52. The van der Waals surface area contributed by atoms with Crippen molar-refractivity contribution in [2.45, 2.75) is 23.9 Å². The highest BCUT2D eigenvalue weighted by Crippen LogP contribution is 2.40. The fraction of sp³-hybridized carbons (Fsp3) is 0.241. The molecule has 2 aromatic carbocycles. The third-order valence-corrected chi connectivity index (χ3v) is 8.12. The molecule has 0 spiro atoms. The van der Waals surface area contributed by atoms with Gasteiger partial charge in [-0.2, -0.15) is 23.7 Å². The topological polar surface area (TPSA) is 106 Å². The third-order valence-electron chi connectivity index (χ3n) is 5.92. The molecule has 0 aliphatic carbocycles. The van der Waals surface area contributed by atoms with Gasteiger partial charge in [0.15, 0.2) is 0 Å². The lowest BCUT2D eigenvalue weighted by Crippen LogP contribution is -2.35. The van der Waals surface area contributed by atoms with E-state index in [1.165, 1.54) is 11.3 Å². The van der Waals surface area contributed by atoms with E-state index in [1.54, 1.807) is 43.3 Å². The molecule has 216 valence electrons. The van der Waals surface area contributed by atoms with E-state index < -0.39 is 12.7 Å². The van der Waals surface area contributed by atoms with Crippen LogP contribution < -0.4 is 9.64 Å². The van der Waals surface area contributed by atoms with E-state index in [2.05, 4.69) is 16.0 Å². The lowest BCUT2D eigenvalue weighted by atomic mass is 9.96. The van der Waals surface area contributed by atoms with Crippen molar-refractivity contribution in [1.82, 2.24) is 9.97 Å². The number of pyridine rings is 1.